The Kier molecular flexibility index (Phi) is 3.95. The molecule has 0 aliphatic rings. The van der Waals surface area contributed by atoms with Crippen molar-refractivity contribution < 1.29 is 9.53 Å². The number of ether oxygens (including phenoxy) is 1. The molecule has 4 heteroatoms. The molecule has 0 N–H and O–H groups in total. The van der Waals surface area contributed by atoms with Crippen LogP contribution in [-0.2, 0) is 0 Å². The lowest BCUT2D eigenvalue weighted by atomic mass is 10.0. The molecule has 1 heterocycles. The van der Waals surface area contributed by atoms with Gasteiger partial charge in [0.2, 0.25) is 0 Å². The van der Waals surface area contributed by atoms with Gasteiger partial charge in [-0.25, -0.2) is 0 Å². The number of carbonyl (C=O) groups excluding carboxylic acids is 1. The van der Waals surface area contributed by atoms with Crippen LogP contribution in [0.25, 0.3) is 0 Å². The number of rotatable bonds is 4. The lowest BCUT2D eigenvalue weighted by molar-refractivity contribution is 0.103. The number of benzene rings is 1. The zero-order valence-corrected chi connectivity index (χ0v) is 10.6. The molecule has 0 bridgehead atoms. The Hall–Kier alpha value is -1.87. The maximum atomic E-state index is 12.3. The van der Waals surface area contributed by atoms with Crippen LogP contribution in [-0.4, -0.2) is 17.4 Å². The summed E-state index contributed by atoms with van der Waals surface area (Å²) in [5, 5.41) is 0.510. The van der Waals surface area contributed by atoms with Crippen molar-refractivity contribution in [2.24, 2.45) is 0 Å². The van der Waals surface area contributed by atoms with Crippen LogP contribution in [0.1, 0.15) is 22.8 Å². The third-order valence-corrected chi connectivity index (χ3v) is 2.66. The fraction of sp³-hybridized carbons (Fsp3) is 0.143. The van der Waals surface area contributed by atoms with Crippen molar-refractivity contribution in [3.05, 3.63) is 58.9 Å². The monoisotopic (exact) mass is 261 g/mol. The summed E-state index contributed by atoms with van der Waals surface area (Å²) in [7, 11) is 0. The van der Waals surface area contributed by atoms with Crippen LogP contribution < -0.4 is 4.74 Å². The second-order valence-electron chi connectivity index (χ2n) is 3.64. The summed E-state index contributed by atoms with van der Waals surface area (Å²) < 4.78 is 5.44. The zero-order valence-electron chi connectivity index (χ0n) is 9.89. The van der Waals surface area contributed by atoms with Crippen molar-refractivity contribution in [1.29, 1.82) is 0 Å². The van der Waals surface area contributed by atoms with Crippen molar-refractivity contribution in [3.63, 3.8) is 0 Å². The summed E-state index contributed by atoms with van der Waals surface area (Å²) in [6, 6.07) is 8.36. The summed E-state index contributed by atoms with van der Waals surface area (Å²) in [6.07, 6.45) is 3.16. The van der Waals surface area contributed by atoms with Crippen LogP contribution >= 0.6 is 11.6 Å². The molecule has 0 saturated heterocycles. The Labute approximate surface area is 110 Å². The van der Waals surface area contributed by atoms with Gasteiger partial charge in [-0.05, 0) is 37.3 Å². The van der Waals surface area contributed by atoms with E-state index in [1.807, 2.05) is 6.92 Å². The van der Waals surface area contributed by atoms with Gasteiger partial charge in [-0.15, -0.1) is 0 Å². The Balaban J connectivity index is 2.43. The average molecular weight is 262 g/mol. The van der Waals surface area contributed by atoms with Gasteiger partial charge in [-0.3, -0.25) is 9.78 Å². The Morgan fingerprint density at radius 3 is 2.67 bits per heavy atom. The molecular formula is C14H12ClNO2. The molecule has 0 amide bonds. The smallest absolute Gasteiger partial charge is 0.196 e. The lowest BCUT2D eigenvalue weighted by Crippen LogP contribution is -2.05. The second-order valence-corrected chi connectivity index (χ2v) is 4.07. The van der Waals surface area contributed by atoms with Crippen LogP contribution in [0, 0.1) is 0 Å². The van der Waals surface area contributed by atoms with Crippen LogP contribution in [0.2, 0.25) is 5.02 Å². The highest BCUT2D eigenvalue weighted by Gasteiger charge is 2.15. The summed E-state index contributed by atoms with van der Waals surface area (Å²) in [5.41, 5.74) is 1.03. The molecule has 0 unspecified atom stereocenters. The van der Waals surface area contributed by atoms with E-state index in [-0.39, 0.29) is 5.78 Å². The number of carbonyl (C=O) groups is 1. The SMILES string of the molecule is CCOc1ccc(Cl)cc1C(=O)c1ccncc1. The summed E-state index contributed by atoms with van der Waals surface area (Å²) >= 11 is 5.93. The van der Waals surface area contributed by atoms with Gasteiger partial charge in [-0.1, -0.05) is 11.6 Å². The normalized spacial score (nSPS) is 10.1. The molecule has 3 nitrogen and oxygen atoms in total. The predicted octanol–water partition coefficient (Wildman–Crippen LogP) is 3.36. The van der Waals surface area contributed by atoms with Crippen LogP contribution in [0.4, 0.5) is 0 Å². The molecule has 0 aliphatic carbocycles. The molecule has 2 aromatic rings. The number of hydrogen-bond donors (Lipinski definition) is 0. The third kappa shape index (κ3) is 2.68. The van der Waals surface area contributed by atoms with Crippen LogP contribution in [0.15, 0.2) is 42.7 Å². The van der Waals surface area contributed by atoms with Crippen molar-refractivity contribution in [3.8, 4) is 5.75 Å². The third-order valence-electron chi connectivity index (χ3n) is 2.43. The van der Waals surface area contributed by atoms with Crippen molar-refractivity contribution in [1.82, 2.24) is 4.98 Å². The van der Waals surface area contributed by atoms with E-state index < -0.39 is 0 Å². The first-order valence-electron chi connectivity index (χ1n) is 5.59. The first-order chi connectivity index (χ1) is 8.72. The van der Waals surface area contributed by atoms with Gasteiger partial charge in [-0.2, -0.15) is 0 Å². The average Bonchev–Trinajstić information content (AvgIpc) is 2.41. The summed E-state index contributed by atoms with van der Waals surface area (Å²) in [5.74, 6) is 0.423. The van der Waals surface area contributed by atoms with Gasteiger partial charge in [0.25, 0.3) is 0 Å². The first-order valence-corrected chi connectivity index (χ1v) is 5.97. The molecule has 0 saturated carbocycles. The molecule has 0 aliphatic heterocycles. The standard InChI is InChI=1S/C14H12ClNO2/c1-2-18-13-4-3-11(15)9-12(13)14(17)10-5-7-16-8-6-10/h3-9H,2H2,1H3. The molecule has 18 heavy (non-hydrogen) atoms. The maximum absolute atomic E-state index is 12.3. The van der Waals surface area contributed by atoms with Gasteiger partial charge in [0, 0.05) is 23.0 Å². The van der Waals surface area contributed by atoms with Crippen molar-refractivity contribution in [2.45, 2.75) is 6.92 Å². The molecule has 1 aromatic carbocycles. The van der Waals surface area contributed by atoms with Crippen LogP contribution in [0.5, 0.6) is 5.75 Å². The molecular weight excluding hydrogens is 250 g/mol. The fourth-order valence-corrected chi connectivity index (χ4v) is 1.79. The fourth-order valence-electron chi connectivity index (χ4n) is 1.62. The molecule has 0 atom stereocenters. The number of halogens is 1. The van der Waals surface area contributed by atoms with E-state index in [1.54, 1.807) is 42.7 Å². The predicted molar refractivity (Wildman–Crippen MR) is 70.3 cm³/mol. The number of ketones is 1. The highest BCUT2D eigenvalue weighted by Crippen LogP contribution is 2.25. The quantitative estimate of drug-likeness (QED) is 0.792. The van der Waals surface area contributed by atoms with E-state index >= 15 is 0 Å². The highest BCUT2D eigenvalue weighted by atomic mass is 35.5. The van der Waals surface area contributed by atoms with Gasteiger partial charge >= 0.3 is 0 Å². The topological polar surface area (TPSA) is 39.2 Å². The summed E-state index contributed by atoms with van der Waals surface area (Å²) in [6.45, 7) is 2.37. The molecule has 92 valence electrons. The molecule has 1 aromatic heterocycles. The Bertz CT molecular complexity index is 555. The first kappa shape index (κ1) is 12.6. The van der Waals surface area contributed by atoms with Gasteiger partial charge in [0.15, 0.2) is 5.78 Å². The summed E-state index contributed by atoms with van der Waals surface area (Å²) in [4.78, 5) is 16.2. The highest BCUT2D eigenvalue weighted by molar-refractivity contribution is 6.31. The van der Waals surface area contributed by atoms with Crippen molar-refractivity contribution in [2.75, 3.05) is 6.61 Å². The number of nitrogens with zero attached hydrogens (tertiary/aromatic N) is 1. The molecule has 0 spiro atoms. The molecule has 0 fully saturated rings. The van der Waals surface area contributed by atoms with E-state index in [0.717, 1.165) is 0 Å². The minimum Gasteiger partial charge on any atom is -0.493 e. The van der Waals surface area contributed by atoms with Gasteiger partial charge < -0.3 is 4.74 Å². The number of pyridine rings is 1. The Morgan fingerprint density at radius 1 is 1.28 bits per heavy atom. The van der Waals surface area contributed by atoms with E-state index in [1.165, 1.54) is 0 Å². The number of aromatic nitrogens is 1. The van der Waals surface area contributed by atoms with E-state index in [0.29, 0.717) is 28.5 Å². The molecule has 2 rings (SSSR count). The lowest BCUT2D eigenvalue weighted by Gasteiger charge is -2.09. The number of hydrogen-bond acceptors (Lipinski definition) is 3. The minimum atomic E-state index is -0.122. The van der Waals surface area contributed by atoms with Crippen LogP contribution in [0.3, 0.4) is 0 Å². The van der Waals surface area contributed by atoms with Gasteiger partial charge in [0.1, 0.15) is 5.75 Å². The van der Waals surface area contributed by atoms with Crippen molar-refractivity contribution >= 4 is 17.4 Å². The van der Waals surface area contributed by atoms with E-state index in [9.17, 15) is 4.79 Å². The Morgan fingerprint density at radius 2 is 2.00 bits per heavy atom. The molecule has 0 radical (unpaired) electrons. The van der Waals surface area contributed by atoms with E-state index in [2.05, 4.69) is 4.98 Å². The van der Waals surface area contributed by atoms with E-state index in [4.69, 9.17) is 16.3 Å². The zero-order chi connectivity index (χ0) is 13.0. The maximum Gasteiger partial charge on any atom is 0.196 e. The largest absolute Gasteiger partial charge is 0.493 e. The van der Waals surface area contributed by atoms with Gasteiger partial charge in [0.05, 0.1) is 12.2 Å². The second kappa shape index (κ2) is 5.65. The minimum absolute atomic E-state index is 0.122.